The summed E-state index contributed by atoms with van der Waals surface area (Å²) in [6.45, 7) is 0.847. The molecule has 0 spiro atoms. The topological polar surface area (TPSA) is 12.4 Å². The van der Waals surface area contributed by atoms with E-state index in [9.17, 15) is 0 Å². The van der Waals surface area contributed by atoms with Gasteiger partial charge in [0.2, 0.25) is 0 Å². The molecule has 0 saturated heterocycles. The second-order valence-electron chi connectivity index (χ2n) is 3.65. The van der Waals surface area contributed by atoms with Crippen LogP contribution in [0.2, 0.25) is 0 Å². The van der Waals surface area contributed by atoms with Gasteiger partial charge in [-0.2, -0.15) is 0 Å². The smallest absolute Gasteiger partial charge is 0.0638 e. The molecule has 1 heteroatoms. The number of hydrogen-bond donors (Lipinski definition) is 0. The van der Waals surface area contributed by atoms with E-state index >= 15 is 0 Å². The minimum Gasteiger partial charge on any atom is -0.292 e. The first kappa shape index (κ1) is 7.74. The van der Waals surface area contributed by atoms with Crippen LogP contribution >= 0.6 is 0 Å². The van der Waals surface area contributed by atoms with E-state index < -0.39 is 0 Å². The highest BCUT2D eigenvalue weighted by atomic mass is 14.7. The normalized spacial score (nSPS) is 14.3. The van der Waals surface area contributed by atoms with Gasteiger partial charge in [-0.15, -0.1) is 0 Å². The Kier molecular flexibility index (Phi) is 1.63. The van der Waals surface area contributed by atoms with E-state index in [2.05, 4.69) is 41.4 Å². The number of benzene rings is 2. The highest BCUT2D eigenvalue weighted by Gasteiger charge is 2.08. The van der Waals surface area contributed by atoms with E-state index in [1.807, 2.05) is 6.21 Å². The molecule has 3 rings (SSSR count). The fourth-order valence-corrected chi connectivity index (χ4v) is 2.09. The van der Waals surface area contributed by atoms with Gasteiger partial charge in [-0.25, -0.2) is 0 Å². The van der Waals surface area contributed by atoms with Gasteiger partial charge < -0.3 is 0 Å². The summed E-state index contributed by atoms with van der Waals surface area (Å²) in [4.78, 5) is 4.30. The van der Waals surface area contributed by atoms with Crippen LogP contribution < -0.4 is 0 Å². The molecule has 0 saturated carbocycles. The molecule has 1 nitrogen and oxygen atoms in total. The van der Waals surface area contributed by atoms with Gasteiger partial charge in [0.25, 0.3) is 0 Å². The van der Waals surface area contributed by atoms with Gasteiger partial charge in [0.1, 0.15) is 0 Å². The minimum absolute atomic E-state index is 0.847. The summed E-state index contributed by atoms with van der Waals surface area (Å²) in [5, 5.41) is 2.72. The molecule has 1 heterocycles. The molecule has 14 heavy (non-hydrogen) atoms. The summed E-state index contributed by atoms with van der Waals surface area (Å²) in [5.74, 6) is 0. The minimum atomic E-state index is 0.847. The van der Waals surface area contributed by atoms with Crippen LogP contribution in [-0.2, 0) is 13.0 Å². The summed E-state index contributed by atoms with van der Waals surface area (Å²) in [6.07, 6.45) is 3.01. The van der Waals surface area contributed by atoms with Crippen molar-refractivity contribution in [2.24, 2.45) is 4.99 Å². The Hall–Kier alpha value is -1.63. The Morgan fingerprint density at radius 2 is 1.93 bits per heavy atom. The molecule has 2 aromatic rings. The van der Waals surface area contributed by atoms with Crippen LogP contribution in [0, 0.1) is 0 Å². The van der Waals surface area contributed by atoms with Crippen molar-refractivity contribution >= 4 is 17.0 Å². The lowest BCUT2D eigenvalue weighted by atomic mass is 9.96. The van der Waals surface area contributed by atoms with Crippen LogP contribution in [-0.4, -0.2) is 6.21 Å². The van der Waals surface area contributed by atoms with Gasteiger partial charge >= 0.3 is 0 Å². The zero-order valence-electron chi connectivity index (χ0n) is 7.90. The molecular weight excluding hydrogens is 170 g/mol. The molecule has 0 aliphatic carbocycles. The van der Waals surface area contributed by atoms with Gasteiger partial charge in [0.15, 0.2) is 0 Å². The quantitative estimate of drug-likeness (QED) is 0.592. The Labute approximate surface area is 83.1 Å². The highest BCUT2D eigenvalue weighted by Crippen LogP contribution is 2.24. The van der Waals surface area contributed by atoms with Gasteiger partial charge in [0.05, 0.1) is 6.54 Å². The predicted molar refractivity (Wildman–Crippen MR) is 59.8 cm³/mol. The Morgan fingerprint density at radius 3 is 2.93 bits per heavy atom. The summed E-state index contributed by atoms with van der Waals surface area (Å²) in [6, 6.07) is 13.0. The molecule has 0 fully saturated rings. The molecular formula is C13H11N. The van der Waals surface area contributed by atoms with E-state index in [1.54, 1.807) is 0 Å². The van der Waals surface area contributed by atoms with Crippen molar-refractivity contribution in [2.45, 2.75) is 13.0 Å². The van der Waals surface area contributed by atoms with E-state index in [4.69, 9.17) is 0 Å². The molecule has 1 aliphatic rings. The molecule has 0 bridgehead atoms. The van der Waals surface area contributed by atoms with Crippen LogP contribution in [0.1, 0.15) is 11.1 Å². The van der Waals surface area contributed by atoms with Crippen LogP contribution in [0.5, 0.6) is 0 Å². The van der Waals surface area contributed by atoms with Crippen molar-refractivity contribution in [2.75, 3.05) is 0 Å². The van der Waals surface area contributed by atoms with Crippen LogP contribution in [0.15, 0.2) is 41.4 Å². The molecule has 1 aliphatic heterocycles. The van der Waals surface area contributed by atoms with Crippen molar-refractivity contribution in [1.29, 1.82) is 0 Å². The van der Waals surface area contributed by atoms with E-state index in [0.29, 0.717) is 0 Å². The molecule has 0 amide bonds. The number of hydrogen-bond acceptors (Lipinski definition) is 1. The largest absolute Gasteiger partial charge is 0.292 e. The first-order valence-corrected chi connectivity index (χ1v) is 4.93. The SMILES string of the molecule is C1=NCc2ccc3ccccc3c2C1. The molecule has 0 radical (unpaired) electrons. The van der Waals surface area contributed by atoms with Gasteiger partial charge in [-0.1, -0.05) is 36.4 Å². The fourth-order valence-electron chi connectivity index (χ4n) is 2.09. The third kappa shape index (κ3) is 1.06. The summed E-state index contributed by atoms with van der Waals surface area (Å²) >= 11 is 0. The fraction of sp³-hybridized carbons (Fsp3) is 0.154. The number of aliphatic imine (C=N–C) groups is 1. The molecule has 68 valence electrons. The third-order valence-electron chi connectivity index (χ3n) is 2.82. The lowest BCUT2D eigenvalue weighted by Crippen LogP contribution is -2.01. The van der Waals surface area contributed by atoms with E-state index in [1.165, 1.54) is 21.9 Å². The number of rotatable bonds is 0. The first-order chi connectivity index (χ1) is 6.95. The molecule has 2 aromatic carbocycles. The standard InChI is InChI=1S/C13H11N/c1-2-4-12-10(3-1)5-6-11-9-14-8-7-13(11)12/h1-6,8H,7,9H2. The second kappa shape index (κ2) is 2.95. The summed E-state index contributed by atoms with van der Waals surface area (Å²) in [5.41, 5.74) is 2.84. The maximum absolute atomic E-state index is 4.30. The number of fused-ring (bicyclic) bond motifs is 3. The maximum Gasteiger partial charge on any atom is 0.0638 e. The molecule has 0 N–H and O–H groups in total. The predicted octanol–water partition coefficient (Wildman–Crippen LogP) is 2.97. The second-order valence-corrected chi connectivity index (χ2v) is 3.65. The monoisotopic (exact) mass is 181 g/mol. The third-order valence-corrected chi connectivity index (χ3v) is 2.82. The molecule has 0 aromatic heterocycles. The lowest BCUT2D eigenvalue weighted by molar-refractivity contribution is 1.01. The van der Waals surface area contributed by atoms with E-state index in [0.717, 1.165) is 13.0 Å². The van der Waals surface area contributed by atoms with Gasteiger partial charge in [0, 0.05) is 12.6 Å². The highest BCUT2D eigenvalue weighted by molar-refractivity contribution is 5.89. The zero-order valence-corrected chi connectivity index (χ0v) is 7.90. The van der Waals surface area contributed by atoms with Crippen LogP contribution in [0.4, 0.5) is 0 Å². The summed E-state index contributed by atoms with van der Waals surface area (Å²) in [7, 11) is 0. The Morgan fingerprint density at radius 1 is 1.00 bits per heavy atom. The van der Waals surface area contributed by atoms with Crippen molar-refractivity contribution in [3.05, 3.63) is 47.5 Å². The Bertz CT molecular complexity index is 512. The van der Waals surface area contributed by atoms with E-state index in [-0.39, 0.29) is 0 Å². The van der Waals surface area contributed by atoms with Crippen molar-refractivity contribution in [3.8, 4) is 0 Å². The van der Waals surface area contributed by atoms with Crippen molar-refractivity contribution in [3.63, 3.8) is 0 Å². The van der Waals surface area contributed by atoms with Crippen LogP contribution in [0.3, 0.4) is 0 Å². The van der Waals surface area contributed by atoms with Gasteiger partial charge in [-0.3, -0.25) is 4.99 Å². The zero-order chi connectivity index (χ0) is 9.38. The lowest BCUT2D eigenvalue weighted by Gasteiger charge is -2.13. The molecule has 0 unspecified atom stereocenters. The van der Waals surface area contributed by atoms with Crippen molar-refractivity contribution < 1.29 is 0 Å². The van der Waals surface area contributed by atoms with Crippen molar-refractivity contribution in [1.82, 2.24) is 0 Å². The van der Waals surface area contributed by atoms with Gasteiger partial charge in [-0.05, 0) is 21.9 Å². The van der Waals surface area contributed by atoms with Crippen LogP contribution in [0.25, 0.3) is 10.8 Å². The first-order valence-electron chi connectivity index (χ1n) is 4.93. The molecule has 0 atom stereocenters. The summed E-state index contributed by atoms with van der Waals surface area (Å²) < 4.78 is 0. The number of nitrogens with zero attached hydrogens (tertiary/aromatic N) is 1. The average molecular weight is 181 g/mol. The average Bonchev–Trinajstić information content (AvgIpc) is 2.29. The maximum atomic E-state index is 4.30. The Balaban J connectivity index is 2.37.